The molecule has 4 rings (SSSR count). The second-order valence-electron chi connectivity index (χ2n) is 6.70. The molecule has 0 radical (unpaired) electrons. The Bertz CT molecular complexity index is 1110. The lowest BCUT2D eigenvalue weighted by atomic mass is 9.88. The third kappa shape index (κ3) is 4.56. The molecule has 0 saturated carbocycles. The zero-order valence-electron chi connectivity index (χ0n) is 15.5. The first-order chi connectivity index (χ1) is 14.1. The van der Waals surface area contributed by atoms with Gasteiger partial charge in [0.2, 0.25) is 0 Å². The molecule has 1 atom stereocenters. The fourth-order valence-corrected chi connectivity index (χ4v) is 3.94. The van der Waals surface area contributed by atoms with Gasteiger partial charge >= 0.3 is 0 Å². The molecular formula is C23H18Cl2N4. The molecule has 0 bridgehead atoms. The maximum Gasteiger partial charge on any atom is 0.123 e. The van der Waals surface area contributed by atoms with E-state index in [1.165, 1.54) is 0 Å². The summed E-state index contributed by atoms with van der Waals surface area (Å²) in [4.78, 5) is 13.5. The van der Waals surface area contributed by atoms with Crippen LogP contribution in [-0.2, 0) is 6.42 Å². The van der Waals surface area contributed by atoms with E-state index in [9.17, 15) is 0 Å². The molecule has 0 amide bonds. The summed E-state index contributed by atoms with van der Waals surface area (Å²) < 4.78 is 0. The second kappa shape index (κ2) is 8.60. The van der Waals surface area contributed by atoms with E-state index < -0.39 is 0 Å². The number of halogens is 2. The van der Waals surface area contributed by atoms with Gasteiger partial charge in [0, 0.05) is 40.1 Å². The summed E-state index contributed by atoms with van der Waals surface area (Å²) in [6.07, 6.45) is 6.07. The Morgan fingerprint density at radius 2 is 1.69 bits per heavy atom. The van der Waals surface area contributed by atoms with E-state index in [-0.39, 0.29) is 5.92 Å². The number of benzene rings is 1. The van der Waals surface area contributed by atoms with Crippen LogP contribution in [0.25, 0.3) is 11.3 Å². The van der Waals surface area contributed by atoms with E-state index in [1.54, 1.807) is 24.5 Å². The third-order valence-electron chi connectivity index (χ3n) is 4.69. The summed E-state index contributed by atoms with van der Waals surface area (Å²) in [6.45, 7) is 0. The number of hydrogen-bond acceptors (Lipinski definition) is 4. The minimum absolute atomic E-state index is 0.0233. The van der Waals surface area contributed by atoms with Crippen LogP contribution in [0.4, 0.5) is 5.82 Å². The monoisotopic (exact) mass is 420 g/mol. The topological polar surface area (TPSA) is 64.7 Å². The number of anilines is 1. The molecule has 3 aromatic heterocycles. The van der Waals surface area contributed by atoms with Gasteiger partial charge in [0.1, 0.15) is 5.82 Å². The highest BCUT2D eigenvalue weighted by molar-refractivity contribution is 6.35. The van der Waals surface area contributed by atoms with Crippen LogP contribution in [0, 0.1) is 0 Å². The van der Waals surface area contributed by atoms with Crippen LogP contribution in [-0.4, -0.2) is 15.0 Å². The number of pyridine rings is 3. The highest BCUT2D eigenvalue weighted by Crippen LogP contribution is 2.33. The lowest BCUT2D eigenvalue weighted by Crippen LogP contribution is -2.10. The lowest BCUT2D eigenvalue weighted by Gasteiger charge is -2.19. The van der Waals surface area contributed by atoms with E-state index in [4.69, 9.17) is 28.9 Å². The standard InChI is InChI=1S/C23H18Cl2N4/c24-18-10-17(11-19(25)13-18)23-15(4-3-9-28-23)12-20(16-5-2-8-27-14-16)21-6-1-7-22(26)29-21/h1-11,13-14,20H,12H2,(H2,26,29). The molecule has 1 unspecified atom stereocenters. The van der Waals surface area contributed by atoms with Crippen molar-refractivity contribution in [1.82, 2.24) is 15.0 Å². The van der Waals surface area contributed by atoms with Crippen LogP contribution < -0.4 is 5.73 Å². The van der Waals surface area contributed by atoms with Gasteiger partial charge in [0.15, 0.2) is 0 Å². The summed E-state index contributed by atoms with van der Waals surface area (Å²) in [6, 6.07) is 19.1. The van der Waals surface area contributed by atoms with Crippen molar-refractivity contribution in [2.24, 2.45) is 0 Å². The van der Waals surface area contributed by atoms with Crippen molar-refractivity contribution >= 4 is 29.0 Å². The summed E-state index contributed by atoms with van der Waals surface area (Å²) >= 11 is 12.4. The fourth-order valence-electron chi connectivity index (χ4n) is 3.41. The highest BCUT2D eigenvalue weighted by atomic mass is 35.5. The minimum atomic E-state index is -0.0233. The molecule has 0 fully saturated rings. The van der Waals surface area contributed by atoms with E-state index >= 15 is 0 Å². The normalized spacial score (nSPS) is 11.9. The molecule has 1 aromatic carbocycles. The van der Waals surface area contributed by atoms with Crippen molar-refractivity contribution in [3.05, 3.63) is 106 Å². The van der Waals surface area contributed by atoms with E-state index in [0.29, 0.717) is 22.3 Å². The predicted molar refractivity (Wildman–Crippen MR) is 118 cm³/mol. The smallest absolute Gasteiger partial charge is 0.123 e. The Morgan fingerprint density at radius 1 is 0.897 bits per heavy atom. The Labute approximate surface area is 179 Å². The van der Waals surface area contributed by atoms with E-state index in [2.05, 4.69) is 27.1 Å². The van der Waals surface area contributed by atoms with Gasteiger partial charge in [-0.15, -0.1) is 0 Å². The van der Waals surface area contributed by atoms with Crippen molar-refractivity contribution in [2.45, 2.75) is 12.3 Å². The van der Waals surface area contributed by atoms with Crippen LogP contribution in [0.5, 0.6) is 0 Å². The third-order valence-corrected chi connectivity index (χ3v) is 5.12. The van der Waals surface area contributed by atoms with Gasteiger partial charge in [-0.25, -0.2) is 4.98 Å². The summed E-state index contributed by atoms with van der Waals surface area (Å²) in [5, 5.41) is 1.15. The molecule has 6 heteroatoms. The Morgan fingerprint density at radius 3 is 2.41 bits per heavy atom. The number of rotatable bonds is 5. The molecule has 0 spiro atoms. The van der Waals surface area contributed by atoms with Gasteiger partial charge in [0.05, 0.1) is 11.4 Å². The summed E-state index contributed by atoms with van der Waals surface area (Å²) in [5.74, 6) is 0.467. The zero-order valence-corrected chi connectivity index (χ0v) is 17.0. The largest absolute Gasteiger partial charge is 0.384 e. The number of hydrogen-bond donors (Lipinski definition) is 1. The first-order valence-electron chi connectivity index (χ1n) is 9.13. The van der Waals surface area contributed by atoms with Crippen molar-refractivity contribution < 1.29 is 0 Å². The van der Waals surface area contributed by atoms with Gasteiger partial charge in [-0.05, 0) is 60.0 Å². The molecule has 29 heavy (non-hydrogen) atoms. The second-order valence-corrected chi connectivity index (χ2v) is 7.57. The number of aromatic nitrogens is 3. The molecule has 144 valence electrons. The maximum atomic E-state index is 6.22. The predicted octanol–water partition coefficient (Wildman–Crippen LogP) is 5.80. The van der Waals surface area contributed by atoms with Gasteiger partial charge in [0.25, 0.3) is 0 Å². The summed E-state index contributed by atoms with van der Waals surface area (Å²) in [7, 11) is 0. The van der Waals surface area contributed by atoms with Crippen LogP contribution in [0.3, 0.4) is 0 Å². The Balaban J connectivity index is 1.79. The van der Waals surface area contributed by atoms with Gasteiger partial charge in [-0.1, -0.05) is 41.4 Å². The fraction of sp³-hybridized carbons (Fsp3) is 0.0870. The first kappa shape index (κ1) is 19.4. The Kier molecular flexibility index (Phi) is 5.74. The number of nitrogen functional groups attached to an aromatic ring is 1. The molecule has 3 heterocycles. The van der Waals surface area contributed by atoms with Crippen LogP contribution in [0.2, 0.25) is 10.0 Å². The van der Waals surface area contributed by atoms with Crippen molar-refractivity contribution in [3.63, 3.8) is 0 Å². The molecule has 4 aromatic rings. The van der Waals surface area contributed by atoms with Gasteiger partial charge < -0.3 is 5.73 Å². The minimum Gasteiger partial charge on any atom is -0.384 e. The van der Waals surface area contributed by atoms with Crippen LogP contribution >= 0.6 is 23.2 Å². The molecule has 0 aliphatic rings. The summed E-state index contributed by atoms with van der Waals surface area (Å²) in [5.41, 5.74) is 10.7. The van der Waals surface area contributed by atoms with Crippen LogP contribution in [0.1, 0.15) is 22.7 Å². The maximum absolute atomic E-state index is 6.22. The van der Waals surface area contributed by atoms with Gasteiger partial charge in [-0.3, -0.25) is 9.97 Å². The molecule has 0 aliphatic heterocycles. The molecule has 2 N–H and O–H groups in total. The zero-order chi connectivity index (χ0) is 20.2. The van der Waals surface area contributed by atoms with E-state index in [1.807, 2.05) is 42.6 Å². The van der Waals surface area contributed by atoms with Crippen molar-refractivity contribution in [3.8, 4) is 11.3 Å². The Hall–Kier alpha value is -2.95. The molecule has 0 saturated heterocycles. The SMILES string of the molecule is Nc1cccc(C(Cc2cccnc2-c2cc(Cl)cc(Cl)c2)c2cccnc2)n1. The number of nitrogens with two attached hydrogens (primary N) is 1. The average Bonchev–Trinajstić information content (AvgIpc) is 2.72. The quantitative estimate of drug-likeness (QED) is 0.442. The van der Waals surface area contributed by atoms with Crippen LogP contribution in [0.15, 0.2) is 79.3 Å². The molecular weight excluding hydrogens is 403 g/mol. The van der Waals surface area contributed by atoms with Crippen molar-refractivity contribution in [1.29, 1.82) is 0 Å². The molecule has 0 aliphatic carbocycles. The molecule has 4 nitrogen and oxygen atoms in total. The van der Waals surface area contributed by atoms with Crippen molar-refractivity contribution in [2.75, 3.05) is 5.73 Å². The van der Waals surface area contributed by atoms with Gasteiger partial charge in [-0.2, -0.15) is 0 Å². The highest BCUT2D eigenvalue weighted by Gasteiger charge is 2.20. The number of nitrogens with zero attached hydrogens (tertiary/aromatic N) is 3. The average molecular weight is 421 g/mol. The lowest BCUT2D eigenvalue weighted by molar-refractivity contribution is 0.769. The van der Waals surface area contributed by atoms with E-state index in [0.717, 1.165) is 28.1 Å². The first-order valence-corrected chi connectivity index (χ1v) is 9.88.